The molecule has 0 saturated heterocycles. The summed E-state index contributed by atoms with van der Waals surface area (Å²) in [7, 11) is 0. The predicted molar refractivity (Wildman–Crippen MR) is 101 cm³/mol. The zero-order valence-corrected chi connectivity index (χ0v) is 17.7. The predicted octanol–water partition coefficient (Wildman–Crippen LogP) is 0.867. The van der Waals surface area contributed by atoms with Crippen LogP contribution in [-0.4, -0.2) is 57.3 Å². The lowest BCUT2D eigenvalue weighted by molar-refractivity contribution is -0.266. The lowest BCUT2D eigenvalue weighted by Gasteiger charge is -2.67. The average Bonchev–Trinajstić information content (AvgIpc) is 2.74. The van der Waals surface area contributed by atoms with E-state index >= 15 is 0 Å². The third kappa shape index (κ3) is 2.27. The largest absolute Gasteiger partial charge is 0.462 e. The first kappa shape index (κ1) is 20.9. The van der Waals surface area contributed by atoms with E-state index in [9.17, 15) is 29.7 Å². The van der Waals surface area contributed by atoms with Gasteiger partial charge >= 0.3 is 5.97 Å². The number of ether oxygens (including phenoxy) is 1. The fourth-order valence-electron chi connectivity index (χ4n) is 7.81. The Hall–Kier alpha value is -1.31. The van der Waals surface area contributed by atoms with Gasteiger partial charge in [-0.25, -0.2) is 0 Å². The number of hydrogen-bond acceptors (Lipinski definition) is 7. The minimum absolute atomic E-state index is 0.0627. The number of carbonyl (C=O) groups excluding carboxylic acids is 3. The monoisotopic (exact) mass is 408 g/mol. The van der Waals surface area contributed by atoms with E-state index in [1.54, 1.807) is 6.92 Å². The lowest BCUT2D eigenvalue weighted by Crippen LogP contribution is -2.72. The van der Waals surface area contributed by atoms with E-state index in [1.165, 1.54) is 6.92 Å². The van der Waals surface area contributed by atoms with Crippen LogP contribution in [0.1, 0.15) is 53.9 Å². The van der Waals surface area contributed by atoms with Crippen molar-refractivity contribution in [1.82, 2.24) is 0 Å². The van der Waals surface area contributed by atoms with Crippen molar-refractivity contribution in [3.63, 3.8) is 0 Å². The summed E-state index contributed by atoms with van der Waals surface area (Å²) in [5, 5.41) is 33.7. The van der Waals surface area contributed by atoms with Crippen molar-refractivity contribution in [1.29, 1.82) is 0 Å². The van der Waals surface area contributed by atoms with Crippen LogP contribution in [0.5, 0.6) is 0 Å². The van der Waals surface area contributed by atoms with E-state index in [0.29, 0.717) is 0 Å². The Bertz CT molecular complexity index is 775. The molecule has 29 heavy (non-hydrogen) atoms. The molecule has 7 heteroatoms. The van der Waals surface area contributed by atoms with Gasteiger partial charge in [0, 0.05) is 36.5 Å². The highest BCUT2D eigenvalue weighted by Gasteiger charge is 2.78. The molecule has 7 nitrogen and oxygen atoms in total. The van der Waals surface area contributed by atoms with E-state index in [1.807, 2.05) is 20.8 Å². The molecule has 0 unspecified atom stereocenters. The van der Waals surface area contributed by atoms with Crippen molar-refractivity contribution < 1.29 is 34.4 Å². The van der Waals surface area contributed by atoms with Gasteiger partial charge < -0.3 is 20.1 Å². The second kappa shape index (κ2) is 6.11. The number of aliphatic hydroxyl groups excluding tert-OH is 3. The van der Waals surface area contributed by atoms with Crippen molar-refractivity contribution in [2.45, 2.75) is 78.3 Å². The second-order valence-electron chi connectivity index (χ2n) is 10.6. The Kier molecular flexibility index (Phi) is 4.41. The van der Waals surface area contributed by atoms with Crippen LogP contribution in [0.25, 0.3) is 0 Å². The van der Waals surface area contributed by atoms with Crippen LogP contribution in [0.15, 0.2) is 0 Å². The maximum Gasteiger partial charge on any atom is 0.302 e. The maximum atomic E-state index is 13.4. The fraction of sp³-hybridized carbons (Fsp3) is 0.864. The first-order chi connectivity index (χ1) is 13.3. The Balaban J connectivity index is 1.86. The van der Waals surface area contributed by atoms with Gasteiger partial charge in [0.1, 0.15) is 17.7 Å². The van der Waals surface area contributed by atoms with Crippen molar-refractivity contribution in [3.05, 3.63) is 0 Å². The van der Waals surface area contributed by atoms with Gasteiger partial charge in [-0.1, -0.05) is 27.7 Å². The zero-order valence-electron chi connectivity index (χ0n) is 17.7. The van der Waals surface area contributed by atoms with Crippen LogP contribution >= 0.6 is 0 Å². The number of hydrogen-bond donors (Lipinski definition) is 3. The number of carbonyl (C=O) groups is 3. The summed E-state index contributed by atoms with van der Waals surface area (Å²) in [4.78, 5) is 37.9. The normalized spacial score (nSPS) is 53.2. The first-order valence-corrected chi connectivity index (χ1v) is 10.6. The number of ketones is 2. The first-order valence-electron chi connectivity index (χ1n) is 10.6. The van der Waals surface area contributed by atoms with E-state index in [0.717, 1.165) is 0 Å². The Morgan fingerprint density at radius 1 is 1.03 bits per heavy atom. The minimum Gasteiger partial charge on any atom is -0.462 e. The van der Waals surface area contributed by atoms with Gasteiger partial charge in [-0.2, -0.15) is 0 Å². The van der Waals surface area contributed by atoms with E-state index in [4.69, 9.17) is 4.74 Å². The number of esters is 1. The molecule has 0 aromatic heterocycles. The molecule has 2 bridgehead atoms. The summed E-state index contributed by atoms with van der Waals surface area (Å²) in [6.45, 7) is 8.76. The van der Waals surface area contributed by atoms with E-state index in [2.05, 4.69) is 0 Å². The van der Waals surface area contributed by atoms with Gasteiger partial charge in [-0.15, -0.1) is 0 Å². The van der Waals surface area contributed by atoms with Gasteiger partial charge in [0.15, 0.2) is 0 Å². The summed E-state index contributed by atoms with van der Waals surface area (Å²) in [5.74, 6) is -3.24. The van der Waals surface area contributed by atoms with Crippen LogP contribution in [0.4, 0.5) is 0 Å². The molecule has 0 aliphatic heterocycles. The summed E-state index contributed by atoms with van der Waals surface area (Å²) in [6.07, 6.45) is -3.36. The molecule has 0 aromatic rings. The molecule has 3 N–H and O–H groups in total. The number of Topliss-reactive ketones (excluding diaryl/α,β-unsaturated/α-hetero) is 2. The summed E-state index contributed by atoms with van der Waals surface area (Å²) >= 11 is 0. The number of rotatable bonds is 1. The molecule has 0 radical (unpaired) electrons. The molecule has 0 heterocycles. The van der Waals surface area contributed by atoms with Gasteiger partial charge in [-0.3, -0.25) is 14.4 Å². The van der Waals surface area contributed by atoms with Gasteiger partial charge in [-0.05, 0) is 18.3 Å². The third-order valence-corrected chi connectivity index (χ3v) is 9.27. The van der Waals surface area contributed by atoms with Crippen LogP contribution in [-0.2, 0) is 19.1 Å². The Labute approximate surface area is 170 Å². The lowest BCUT2D eigenvalue weighted by atomic mass is 9.38. The average molecular weight is 408 g/mol. The standard InChI is InChI=1S/C22H32O7/c1-9-17-11(24)6-13-21(5)12(7-15(26)22(13,18(9)27)19(17)28)20(3,4)16(8-14(21)25)29-10(2)23/h9,12-17,19,25-26,28H,6-8H2,1-5H3/t9-,12-,13+,14+,15-,16+,17+,19-,21-,22-/m1/s1. The van der Waals surface area contributed by atoms with Gasteiger partial charge in [0.2, 0.25) is 0 Å². The maximum absolute atomic E-state index is 13.4. The summed E-state index contributed by atoms with van der Waals surface area (Å²) < 4.78 is 5.52. The summed E-state index contributed by atoms with van der Waals surface area (Å²) in [6, 6.07) is 0. The van der Waals surface area contributed by atoms with Crippen molar-refractivity contribution in [3.8, 4) is 0 Å². The second-order valence-corrected chi connectivity index (χ2v) is 10.6. The fourth-order valence-corrected chi connectivity index (χ4v) is 7.81. The molecule has 0 amide bonds. The van der Waals surface area contributed by atoms with Crippen LogP contribution in [0.3, 0.4) is 0 Å². The van der Waals surface area contributed by atoms with Crippen LogP contribution in [0, 0.1) is 39.9 Å². The highest BCUT2D eigenvalue weighted by atomic mass is 16.5. The zero-order chi connectivity index (χ0) is 21.7. The van der Waals surface area contributed by atoms with Crippen molar-refractivity contribution >= 4 is 17.5 Å². The molecule has 4 aliphatic rings. The Morgan fingerprint density at radius 3 is 2.24 bits per heavy atom. The molecule has 162 valence electrons. The number of aliphatic hydroxyl groups is 3. The summed E-state index contributed by atoms with van der Waals surface area (Å²) in [5.41, 5.74) is -2.88. The molecule has 4 saturated carbocycles. The SMILES string of the molecule is CC(=O)O[C@H]1C[C@H](O)[C@]2(C)[C@H](C[C@@H](O)[C@@]34C(=O)[C@H](C)[C@@H](C(=O)C[C@@H]23)[C@H]4O)C1(C)C. The third-order valence-electron chi connectivity index (χ3n) is 9.27. The van der Waals surface area contributed by atoms with Crippen LogP contribution < -0.4 is 0 Å². The Morgan fingerprint density at radius 2 is 1.66 bits per heavy atom. The molecule has 0 aromatic carbocycles. The molecule has 4 aliphatic carbocycles. The molecular formula is C22H32O7. The van der Waals surface area contributed by atoms with Crippen molar-refractivity contribution in [2.75, 3.05) is 0 Å². The van der Waals surface area contributed by atoms with E-state index in [-0.39, 0.29) is 36.7 Å². The molecule has 1 spiro atoms. The molecule has 10 atom stereocenters. The molecule has 4 rings (SSSR count). The minimum atomic E-state index is -1.42. The van der Waals surface area contributed by atoms with Crippen molar-refractivity contribution in [2.24, 2.45) is 39.9 Å². The highest BCUT2D eigenvalue weighted by molar-refractivity contribution is 6.01. The number of fused-ring (bicyclic) bond motifs is 3. The molecule has 4 fully saturated rings. The van der Waals surface area contributed by atoms with Gasteiger partial charge in [0.25, 0.3) is 0 Å². The quantitative estimate of drug-likeness (QED) is 0.550. The highest BCUT2D eigenvalue weighted by Crippen LogP contribution is 2.70. The van der Waals surface area contributed by atoms with Gasteiger partial charge in [0.05, 0.1) is 29.6 Å². The van der Waals surface area contributed by atoms with Crippen LogP contribution in [0.2, 0.25) is 0 Å². The molecular weight excluding hydrogens is 376 g/mol. The topological polar surface area (TPSA) is 121 Å². The smallest absolute Gasteiger partial charge is 0.302 e. The van der Waals surface area contributed by atoms with E-state index < -0.39 is 64.4 Å².